The zero-order chi connectivity index (χ0) is 26.2. The molecule has 0 aliphatic carbocycles. The van der Waals surface area contributed by atoms with Gasteiger partial charge >= 0.3 is 0 Å². The van der Waals surface area contributed by atoms with Gasteiger partial charge in [0.15, 0.2) is 23.0 Å². The number of benzene rings is 3. The average molecular weight is 515 g/mol. The number of anilines is 1. The lowest BCUT2D eigenvalue weighted by atomic mass is 9.75. The largest absolute Gasteiger partial charge is 0.490 e. The topological polar surface area (TPSA) is 86.3 Å². The summed E-state index contributed by atoms with van der Waals surface area (Å²) in [6.45, 7) is 6.32. The lowest BCUT2D eigenvalue weighted by Gasteiger charge is -2.45. The van der Waals surface area contributed by atoms with Crippen molar-refractivity contribution in [1.82, 2.24) is 4.90 Å². The van der Waals surface area contributed by atoms with Gasteiger partial charge in [0.1, 0.15) is 13.2 Å². The van der Waals surface area contributed by atoms with E-state index < -0.39 is 12.0 Å². The molecule has 0 saturated heterocycles. The smallest absolute Gasteiger partial charge is 0.254 e. The Morgan fingerprint density at radius 1 is 0.947 bits per heavy atom. The zero-order valence-electron chi connectivity index (χ0n) is 21.5. The van der Waals surface area contributed by atoms with Gasteiger partial charge in [0.25, 0.3) is 5.91 Å². The quantitative estimate of drug-likeness (QED) is 0.512. The molecule has 1 N–H and O–H groups in total. The molecular formula is C30H30N2O6. The van der Waals surface area contributed by atoms with E-state index in [1.165, 1.54) is 0 Å². The average Bonchev–Trinajstić information content (AvgIpc) is 2.94. The van der Waals surface area contributed by atoms with Gasteiger partial charge in [0, 0.05) is 23.9 Å². The summed E-state index contributed by atoms with van der Waals surface area (Å²) >= 11 is 0. The first-order valence-corrected chi connectivity index (χ1v) is 13.1. The molecule has 6 rings (SSSR count). The number of ether oxygens (including phenoxy) is 4. The van der Waals surface area contributed by atoms with Crippen LogP contribution in [0.1, 0.15) is 52.9 Å². The van der Waals surface area contributed by atoms with Crippen molar-refractivity contribution in [2.75, 3.05) is 38.3 Å². The highest BCUT2D eigenvalue weighted by molar-refractivity contribution is 6.04. The van der Waals surface area contributed by atoms with Gasteiger partial charge in [0.05, 0.1) is 25.2 Å². The minimum atomic E-state index is -0.622. The van der Waals surface area contributed by atoms with E-state index in [2.05, 4.69) is 5.32 Å². The molecule has 38 heavy (non-hydrogen) atoms. The maximum atomic E-state index is 14.1. The molecule has 0 saturated carbocycles. The lowest BCUT2D eigenvalue weighted by molar-refractivity contribution is -0.119. The third-order valence-corrected chi connectivity index (χ3v) is 7.28. The zero-order valence-corrected chi connectivity index (χ0v) is 21.5. The van der Waals surface area contributed by atoms with Crippen LogP contribution in [-0.4, -0.2) is 49.7 Å². The minimum Gasteiger partial charge on any atom is -0.490 e. The number of hydrogen-bond donors (Lipinski definition) is 1. The second-order valence-electron chi connectivity index (χ2n) is 9.47. The Morgan fingerprint density at radius 3 is 2.47 bits per heavy atom. The van der Waals surface area contributed by atoms with Gasteiger partial charge in [-0.3, -0.25) is 9.59 Å². The molecule has 0 fully saturated rings. The second kappa shape index (κ2) is 9.93. The van der Waals surface area contributed by atoms with Gasteiger partial charge in [0.2, 0.25) is 5.91 Å². The van der Waals surface area contributed by atoms with Crippen LogP contribution >= 0.6 is 0 Å². The Balaban J connectivity index is 1.44. The van der Waals surface area contributed by atoms with Crippen LogP contribution in [0.25, 0.3) is 0 Å². The van der Waals surface area contributed by atoms with E-state index in [0.717, 1.165) is 11.1 Å². The molecule has 0 aromatic heterocycles. The summed E-state index contributed by atoms with van der Waals surface area (Å²) in [6, 6.07) is 16.3. The predicted octanol–water partition coefficient (Wildman–Crippen LogP) is 4.73. The number of nitrogens with one attached hydrogen (secondary N) is 1. The first-order valence-electron chi connectivity index (χ1n) is 13.1. The molecule has 2 atom stereocenters. The summed E-state index contributed by atoms with van der Waals surface area (Å²) in [5.41, 5.74) is 3.85. The van der Waals surface area contributed by atoms with Gasteiger partial charge in [-0.15, -0.1) is 0 Å². The summed E-state index contributed by atoms with van der Waals surface area (Å²) < 4.78 is 23.1. The molecule has 3 aliphatic heterocycles. The van der Waals surface area contributed by atoms with Crippen molar-refractivity contribution in [3.63, 3.8) is 0 Å². The standard InChI is InChI=1S/C30H30N2O6/c1-3-35-24-15-18-11-12-32-28(22(18)17-26(24)36-4-2)27(20-7-5-6-8-21(20)30(32)34)29(33)31-19-9-10-23-25(16-19)38-14-13-37-23/h5-10,15-17,27-28H,3-4,11-14H2,1-2H3,(H,31,33). The Labute approximate surface area is 221 Å². The van der Waals surface area contributed by atoms with Crippen LogP contribution in [0.4, 0.5) is 5.69 Å². The summed E-state index contributed by atoms with van der Waals surface area (Å²) in [5.74, 6) is 1.67. The molecule has 3 aromatic rings. The van der Waals surface area contributed by atoms with Gasteiger partial charge in [-0.1, -0.05) is 18.2 Å². The number of carbonyl (C=O) groups is 2. The highest BCUT2D eigenvalue weighted by Gasteiger charge is 2.46. The van der Waals surface area contributed by atoms with Crippen LogP contribution < -0.4 is 24.3 Å². The van der Waals surface area contributed by atoms with Crippen LogP contribution in [0.15, 0.2) is 54.6 Å². The Morgan fingerprint density at radius 2 is 1.68 bits per heavy atom. The number of amides is 2. The van der Waals surface area contributed by atoms with Gasteiger partial charge in [-0.25, -0.2) is 0 Å². The summed E-state index contributed by atoms with van der Waals surface area (Å²) in [7, 11) is 0. The molecule has 2 unspecified atom stereocenters. The van der Waals surface area contributed by atoms with E-state index in [1.807, 2.05) is 49.1 Å². The van der Waals surface area contributed by atoms with Crippen LogP contribution in [-0.2, 0) is 11.2 Å². The Bertz CT molecular complexity index is 1400. The fourth-order valence-electron chi connectivity index (χ4n) is 5.69. The van der Waals surface area contributed by atoms with Gasteiger partial charge in [-0.05, 0) is 67.3 Å². The third kappa shape index (κ3) is 4.10. The highest BCUT2D eigenvalue weighted by Crippen LogP contribution is 2.48. The van der Waals surface area contributed by atoms with Crippen molar-refractivity contribution in [3.05, 3.63) is 76.9 Å². The van der Waals surface area contributed by atoms with Crippen molar-refractivity contribution < 1.29 is 28.5 Å². The Hall–Kier alpha value is -4.20. The van der Waals surface area contributed by atoms with Crippen molar-refractivity contribution in [3.8, 4) is 23.0 Å². The van der Waals surface area contributed by atoms with Crippen LogP contribution in [0.2, 0.25) is 0 Å². The first-order chi connectivity index (χ1) is 18.6. The van der Waals surface area contributed by atoms with Gasteiger partial charge < -0.3 is 29.2 Å². The third-order valence-electron chi connectivity index (χ3n) is 7.28. The number of carbonyl (C=O) groups excluding carboxylic acids is 2. The van der Waals surface area contributed by atoms with E-state index in [1.54, 1.807) is 24.3 Å². The normalized spacial score (nSPS) is 19.1. The van der Waals surface area contributed by atoms with Crippen molar-refractivity contribution in [2.45, 2.75) is 32.2 Å². The van der Waals surface area contributed by atoms with E-state index in [-0.39, 0.29) is 11.8 Å². The Kier molecular flexibility index (Phi) is 6.31. The molecule has 0 bridgehead atoms. The number of hydrogen-bond acceptors (Lipinski definition) is 6. The molecule has 3 heterocycles. The molecule has 0 radical (unpaired) electrons. The maximum absolute atomic E-state index is 14.1. The monoisotopic (exact) mass is 514 g/mol. The molecular weight excluding hydrogens is 484 g/mol. The highest BCUT2D eigenvalue weighted by atomic mass is 16.6. The fraction of sp³-hybridized carbons (Fsp3) is 0.333. The van der Waals surface area contributed by atoms with Gasteiger partial charge in [-0.2, -0.15) is 0 Å². The molecule has 0 spiro atoms. The SMILES string of the molecule is CCOc1cc2c(cc1OCC)C1C(C(=O)Nc3ccc4c(c3)OCCO4)c3ccccc3C(=O)N1CC2. The van der Waals surface area contributed by atoms with E-state index in [4.69, 9.17) is 18.9 Å². The lowest BCUT2D eigenvalue weighted by Crippen LogP contribution is -2.49. The van der Waals surface area contributed by atoms with Crippen LogP contribution in [0.3, 0.4) is 0 Å². The second-order valence-corrected chi connectivity index (χ2v) is 9.47. The molecule has 2 amide bonds. The summed E-state index contributed by atoms with van der Waals surface area (Å²) in [5, 5.41) is 3.08. The first kappa shape index (κ1) is 24.2. The summed E-state index contributed by atoms with van der Waals surface area (Å²) in [4.78, 5) is 29.5. The fourth-order valence-corrected chi connectivity index (χ4v) is 5.69. The summed E-state index contributed by atoms with van der Waals surface area (Å²) in [6.07, 6.45) is 0.669. The molecule has 8 nitrogen and oxygen atoms in total. The van der Waals surface area contributed by atoms with Crippen molar-refractivity contribution in [2.24, 2.45) is 0 Å². The van der Waals surface area contributed by atoms with E-state index in [0.29, 0.717) is 79.2 Å². The molecule has 3 aromatic carbocycles. The number of nitrogens with zero attached hydrogens (tertiary/aromatic N) is 1. The molecule has 3 aliphatic rings. The van der Waals surface area contributed by atoms with E-state index in [9.17, 15) is 9.59 Å². The maximum Gasteiger partial charge on any atom is 0.254 e. The number of rotatable bonds is 6. The minimum absolute atomic E-state index is 0.0634. The molecule has 196 valence electrons. The van der Waals surface area contributed by atoms with Crippen molar-refractivity contribution >= 4 is 17.5 Å². The van der Waals surface area contributed by atoms with Crippen LogP contribution in [0, 0.1) is 0 Å². The van der Waals surface area contributed by atoms with E-state index >= 15 is 0 Å². The predicted molar refractivity (Wildman–Crippen MR) is 142 cm³/mol. The molecule has 8 heteroatoms. The van der Waals surface area contributed by atoms with Crippen LogP contribution in [0.5, 0.6) is 23.0 Å². The number of fused-ring (bicyclic) bond motifs is 5. The van der Waals surface area contributed by atoms with Crippen molar-refractivity contribution in [1.29, 1.82) is 0 Å².